The van der Waals surface area contributed by atoms with Crippen LogP contribution in [0, 0.1) is 12.5 Å². The highest BCUT2D eigenvalue weighted by Crippen LogP contribution is 2.22. The van der Waals surface area contributed by atoms with E-state index in [0.29, 0.717) is 17.3 Å². The number of nitrogens with one attached hydrogen (secondary N) is 1. The quantitative estimate of drug-likeness (QED) is 0.620. The molecule has 0 aromatic carbocycles. The smallest absolute Gasteiger partial charge is 0.265 e. The number of aromatic nitrogens is 5. The lowest BCUT2D eigenvalue weighted by Gasteiger charge is -2.04. The highest BCUT2D eigenvalue weighted by molar-refractivity contribution is 5.61. The Labute approximate surface area is 159 Å². The molecule has 28 heavy (non-hydrogen) atoms. The number of nitrogens with zero attached hydrogens (tertiary/aromatic N) is 6. The lowest BCUT2D eigenvalue weighted by atomic mass is 10.2. The number of halogens is 2. The van der Waals surface area contributed by atoms with Crippen LogP contribution >= 0.6 is 0 Å². The molecule has 0 aliphatic carbocycles. The summed E-state index contributed by atoms with van der Waals surface area (Å²) in [5.74, 6) is 0.298. The molecule has 0 saturated heterocycles. The Hall–Kier alpha value is -3.56. The first-order valence-corrected chi connectivity index (χ1v) is 8.27. The van der Waals surface area contributed by atoms with Gasteiger partial charge in [-0.05, 0) is 31.2 Å². The zero-order valence-electron chi connectivity index (χ0n) is 15.2. The SMILES string of the molecule is Cc1nn(C)cc1-c1ccc(OC/C=C(/N=N)c2ccc(C(F)F)cn2)nn1. The molecule has 0 radical (unpaired) electrons. The molecule has 0 bridgehead atoms. The van der Waals surface area contributed by atoms with Crippen molar-refractivity contribution in [2.75, 3.05) is 6.61 Å². The topological polar surface area (TPSA) is 102 Å². The number of hydrogen-bond donors (Lipinski definition) is 1. The normalized spacial score (nSPS) is 11.7. The van der Waals surface area contributed by atoms with E-state index < -0.39 is 6.43 Å². The third-order valence-corrected chi connectivity index (χ3v) is 3.86. The van der Waals surface area contributed by atoms with Gasteiger partial charge in [0.25, 0.3) is 6.43 Å². The van der Waals surface area contributed by atoms with Crippen LogP contribution in [-0.4, -0.2) is 31.6 Å². The van der Waals surface area contributed by atoms with Crippen molar-refractivity contribution in [3.63, 3.8) is 0 Å². The molecule has 0 unspecified atom stereocenters. The van der Waals surface area contributed by atoms with Crippen LogP contribution in [0.5, 0.6) is 5.88 Å². The zero-order chi connectivity index (χ0) is 20.1. The third kappa shape index (κ3) is 4.40. The second-order valence-corrected chi connectivity index (χ2v) is 5.85. The molecule has 1 N–H and O–H groups in total. The Balaban J connectivity index is 1.65. The van der Waals surface area contributed by atoms with Crippen LogP contribution in [0.25, 0.3) is 17.0 Å². The minimum absolute atomic E-state index is 0.0654. The molecule has 8 nitrogen and oxygen atoms in total. The maximum atomic E-state index is 12.6. The van der Waals surface area contributed by atoms with Gasteiger partial charge in [-0.15, -0.1) is 10.2 Å². The van der Waals surface area contributed by atoms with Gasteiger partial charge in [-0.2, -0.15) is 10.2 Å². The van der Waals surface area contributed by atoms with Gasteiger partial charge < -0.3 is 4.74 Å². The highest BCUT2D eigenvalue weighted by Gasteiger charge is 2.10. The van der Waals surface area contributed by atoms with E-state index in [1.54, 1.807) is 16.8 Å². The van der Waals surface area contributed by atoms with Gasteiger partial charge in [-0.1, -0.05) is 0 Å². The van der Waals surface area contributed by atoms with Gasteiger partial charge in [0.05, 0.1) is 17.1 Å². The molecule has 0 fully saturated rings. The van der Waals surface area contributed by atoms with Crippen molar-refractivity contribution < 1.29 is 13.5 Å². The lowest BCUT2D eigenvalue weighted by molar-refractivity contribution is 0.151. The Morgan fingerprint density at radius 2 is 2.11 bits per heavy atom. The summed E-state index contributed by atoms with van der Waals surface area (Å²) in [5.41, 5.74) is 9.97. The second-order valence-electron chi connectivity index (χ2n) is 5.85. The number of pyridine rings is 1. The van der Waals surface area contributed by atoms with E-state index in [0.717, 1.165) is 17.5 Å². The summed E-state index contributed by atoms with van der Waals surface area (Å²) in [6.07, 6.45) is 1.84. The van der Waals surface area contributed by atoms with E-state index in [1.165, 1.54) is 18.2 Å². The zero-order valence-corrected chi connectivity index (χ0v) is 15.2. The summed E-state index contributed by atoms with van der Waals surface area (Å²) in [7, 11) is 1.83. The highest BCUT2D eigenvalue weighted by atomic mass is 19.3. The number of rotatable bonds is 7. The second kappa shape index (κ2) is 8.42. The van der Waals surface area contributed by atoms with Gasteiger partial charge >= 0.3 is 0 Å². The summed E-state index contributed by atoms with van der Waals surface area (Å²) in [6.45, 7) is 1.95. The summed E-state index contributed by atoms with van der Waals surface area (Å²) < 4.78 is 32.3. The molecule has 3 rings (SSSR count). The fourth-order valence-corrected chi connectivity index (χ4v) is 2.49. The van der Waals surface area contributed by atoms with Crippen LogP contribution in [0.2, 0.25) is 0 Å². The van der Waals surface area contributed by atoms with Gasteiger partial charge in [0.2, 0.25) is 5.88 Å². The van der Waals surface area contributed by atoms with Gasteiger partial charge in [0.1, 0.15) is 12.3 Å². The first-order valence-electron chi connectivity index (χ1n) is 8.27. The van der Waals surface area contributed by atoms with Crippen LogP contribution in [-0.2, 0) is 7.05 Å². The van der Waals surface area contributed by atoms with Gasteiger partial charge in [-0.25, -0.2) is 14.3 Å². The average molecular weight is 385 g/mol. The van der Waals surface area contributed by atoms with E-state index in [9.17, 15) is 8.78 Å². The summed E-state index contributed by atoms with van der Waals surface area (Å²) in [4.78, 5) is 3.90. The van der Waals surface area contributed by atoms with Crippen LogP contribution in [0.3, 0.4) is 0 Å². The Kier molecular flexibility index (Phi) is 5.78. The molecule has 0 spiro atoms. The van der Waals surface area contributed by atoms with Crippen molar-refractivity contribution in [3.8, 4) is 17.1 Å². The summed E-state index contributed by atoms with van der Waals surface area (Å²) in [5, 5.41) is 15.8. The van der Waals surface area contributed by atoms with Gasteiger partial charge in [0, 0.05) is 36.6 Å². The number of aryl methyl sites for hydroxylation is 2. The fraction of sp³-hybridized carbons (Fsp3) is 0.222. The maximum absolute atomic E-state index is 12.6. The van der Waals surface area contributed by atoms with Crippen LogP contribution < -0.4 is 4.74 Å². The minimum atomic E-state index is -2.60. The van der Waals surface area contributed by atoms with Gasteiger partial charge in [-0.3, -0.25) is 9.67 Å². The fourth-order valence-electron chi connectivity index (χ4n) is 2.49. The summed E-state index contributed by atoms with van der Waals surface area (Å²) in [6, 6.07) is 6.08. The third-order valence-electron chi connectivity index (χ3n) is 3.86. The number of hydrogen-bond acceptors (Lipinski definition) is 7. The Bertz CT molecular complexity index is 982. The molecule has 0 atom stereocenters. The number of alkyl halides is 2. The molecule has 0 saturated carbocycles. The Morgan fingerprint density at radius 3 is 2.64 bits per heavy atom. The molecule has 0 amide bonds. The molecule has 0 aliphatic heterocycles. The van der Waals surface area contributed by atoms with E-state index >= 15 is 0 Å². The Morgan fingerprint density at radius 1 is 1.29 bits per heavy atom. The molecular formula is C18H17F2N7O. The largest absolute Gasteiger partial charge is 0.472 e. The number of ether oxygens (including phenoxy) is 1. The average Bonchev–Trinajstić information content (AvgIpc) is 3.04. The molecule has 3 aromatic heterocycles. The monoisotopic (exact) mass is 385 g/mol. The van der Waals surface area contributed by atoms with Crippen LogP contribution in [0.15, 0.2) is 47.8 Å². The van der Waals surface area contributed by atoms with E-state index in [2.05, 4.69) is 25.4 Å². The van der Waals surface area contributed by atoms with E-state index in [-0.39, 0.29) is 17.9 Å². The van der Waals surface area contributed by atoms with Gasteiger partial charge in [0.15, 0.2) is 0 Å². The van der Waals surface area contributed by atoms with Crippen molar-refractivity contribution >= 4 is 5.70 Å². The van der Waals surface area contributed by atoms with Crippen molar-refractivity contribution in [2.24, 2.45) is 12.2 Å². The van der Waals surface area contributed by atoms with E-state index in [1.807, 2.05) is 20.2 Å². The van der Waals surface area contributed by atoms with Crippen molar-refractivity contribution in [2.45, 2.75) is 13.3 Å². The van der Waals surface area contributed by atoms with Crippen LogP contribution in [0.4, 0.5) is 8.78 Å². The standard InChI is InChI=1S/C18H17F2N7O/c1-11-13(10-27(2)26-11)14-5-6-17(25-24-14)28-8-7-16(23-21)15-4-3-12(9-22-15)18(19)20/h3-7,9-10,18,21H,8H2,1-2H3/b16-7+,23-21?. The predicted octanol–water partition coefficient (Wildman–Crippen LogP) is 3.97. The summed E-state index contributed by atoms with van der Waals surface area (Å²) >= 11 is 0. The minimum Gasteiger partial charge on any atom is -0.472 e. The lowest BCUT2D eigenvalue weighted by Crippen LogP contribution is -1.99. The molecule has 3 aromatic rings. The van der Waals surface area contributed by atoms with Crippen molar-refractivity contribution in [1.82, 2.24) is 25.0 Å². The molecule has 10 heteroatoms. The van der Waals surface area contributed by atoms with Crippen LogP contribution in [0.1, 0.15) is 23.4 Å². The first kappa shape index (κ1) is 19.2. The predicted molar refractivity (Wildman–Crippen MR) is 96.8 cm³/mol. The maximum Gasteiger partial charge on any atom is 0.265 e. The first-order chi connectivity index (χ1) is 13.5. The molecular weight excluding hydrogens is 368 g/mol. The molecule has 3 heterocycles. The van der Waals surface area contributed by atoms with E-state index in [4.69, 9.17) is 10.3 Å². The molecule has 144 valence electrons. The molecule has 0 aliphatic rings. The van der Waals surface area contributed by atoms with Crippen molar-refractivity contribution in [1.29, 1.82) is 5.53 Å². The van der Waals surface area contributed by atoms with Crippen molar-refractivity contribution in [3.05, 3.63) is 59.7 Å².